The number of hydrogen-bond donors (Lipinski definition) is 0. The zero-order valence-corrected chi connectivity index (χ0v) is 21.5. The predicted molar refractivity (Wildman–Crippen MR) is 160 cm³/mol. The Labute approximate surface area is 226 Å². The van der Waals surface area contributed by atoms with E-state index >= 15 is 0 Å². The Kier molecular flexibility index (Phi) is 5.41. The molecule has 0 fully saturated rings. The van der Waals surface area contributed by atoms with Crippen molar-refractivity contribution in [2.75, 3.05) is 4.90 Å². The molecule has 0 spiro atoms. The number of pyridine rings is 1. The van der Waals surface area contributed by atoms with Crippen LogP contribution in [-0.4, -0.2) is 19.4 Å². The van der Waals surface area contributed by atoms with E-state index in [9.17, 15) is 0 Å². The van der Waals surface area contributed by atoms with Gasteiger partial charge in [-0.15, -0.1) is 0 Å². The van der Waals surface area contributed by atoms with Crippen LogP contribution in [0.1, 0.15) is 11.1 Å². The van der Waals surface area contributed by atoms with Crippen molar-refractivity contribution >= 4 is 44.9 Å². The molecule has 0 saturated heterocycles. The molecule has 0 saturated carbocycles. The molecule has 7 rings (SSSR count). The van der Waals surface area contributed by atoms with E-state index in [1.165, 1.54) is 0 Å². The van der Waals surface area contributed by atoms with Crippen LogP contribution < -0.4 is 4.90 Å². The van der Waals surface area contributed by atoms with Crippen LogP contribution in [0.3, 0.4) is 0 Å². The molecule has 0 atom stereocenters. The first kappa shape index (κ1) is 22.9. The van der Waals surface area contributed by atoms with Gasteiger partial charge < -0.3 is 0 Å². The molecular weight excluding hydrogens is 478 g/mol. The molecule has 4 aromatic carbocycles. The number of aryl methyl sites for hydroxylation is 1. The number of benzene rings is 4. The molecule has 5 nitrogen and oxygen atoms in total. The summed E-state index contributed by atoms with van der Waals surface area (Å²) < 4.78 is 2.11. The molecule has 7 aromatic rings. The average Bonchev–Trinajstić information content (AvgIpc) is 3.35. The van der Waals surface area contributed by atoms with Crippen LogP contribution >= 0.6 is 0 Å². The molecule has 3 aromatic heterocycles. The number of anilines is 2. The highest BCUT2D eigenvalue weighted by Crippen LogP contribution is 2.38. The molecule has 0 aliphatic heterocycles. The molecule has 186 valence electrons. The van der Waals surface area contributed by atoms with Crippen molar-refractivity contribution in [2.24, 2.45) is 0 Å². The standard InChI is InChI=1S/C34H25N5/c1-23-21-31-29(35-32-19-11-12-20-38(31)32)22-30(23)39(24(2)25-13-5-3-6-14-25)34-36-28-18-10-9-17-27(28)33(37-34)26-15-7-4-8-16-26/h3-22H,2H2,1H3. The molecule has 0 aliphatic carbocycles. The quantitative estimate of drug-likeness (QED) is 0.237. The van der Waals surface area contributed by atoms with E-state index in [0.717, 1.165) is 61.4 Å². The SMILES string of the molecule is C=C(c1ccccc1)N(c1nc(-c2ccccc2)c2ccccc2n1)c1cc2nc3ccccn3c2cc1C. The fourth-order valence-electron chi connectivity index (χ4n) is 5.16. The van der Waals surface area contributed by atoms with Gasteiger partial charge in [0.1, 0.15) is 5.65 Å². The maximum absolute atomic E-state index is 5.19. The van der Waals surface area contributed by atoms with Crippen molar-refractivity contribution in [1.82, 2.24) is 19.4 Å². The van der Waals surface area contributed by atoms with Gasteiger partial charge in [-0.05, 0) is 48.4 Å². The van der Waals surface area contributed by atoms with Crippen molar-refractivity contribution in [2.45, 2.75) is 6.92 Å². The lowest BCUT2D eigenvalue weighted by molar-refractivity contribution is 1.11. The topological polar surface area (TPSA) is 46.3 Å². The third kappa shape index (κ3) is 3.92. The number of imidazole rings is 1. The molecule has 0 aliphatic rings. The van der Waals surface area contributed by atoms with Crippen molar-refractivity contribution in [3.8, 4) is 11.3 Å². The molecule has 3 heterocycles. The first-order valence-electron chi connectivity index (χ1n) is 12.9. The summed E-state index contributed by atoms with van der Waals surface area (Å²) in [5, 5.41) is 1.00. The van der Waals surface area contributed by atoms with Crippen LogP contribution in [0, 0.1) is 6.92 Å². The van der Waals surface area contributed by atoms with Gasteiger partial charge in [0.25, 0.3) is 0 Å². The van der Waals surface area contributed by atoms with Crippen LogP contribution in [0.4, 0.5) is 11.6 Å². The maximum Gasteiger partial charge on any atom is 0.235 e. The summed E-state index contributed by atoms with van der Waals surface area (Å²) >= 11 is 0. The van der Waals surface area contributed by atoms with E-state index in [-0.39, 0.29) is 0 Å². The number of rotatable bonds is 5. The first-order chi connectivity index (χ1) is 19.2. The third-order valence-electron chi connectivity index (χ3n) is 7.08. The Morgan fingerprint density at radius 1 is 0.718 bits per heavy atom. The van der Waals surface area contributed by atoms with Gasteiger partial charge in [0.15, 0.2) is 0 Å². The highest BCUT2D eigenvalue weighted by Gasteiger charge is 2.23. The minimum absolute atomic E-state index is 0.563. The van der Waals surface area contributed by atoms with E-state index in [1.807, 2.05) is 79.0 Å². The summed E-state index contributed by atoms with van der Waals surface area (Å²) in [4.78, 5) is 17.2. The van der Waals surface area contributed by atoms with Gasteiger partial charge in [0.05, 0.1) is 27.9 Å². The van der Waals surface area contributed by atoms with Crippen LogP contribution in [0.2, 0.25) is 0 Å². The van der Waals surface area contributed by atoms with E-state index < -0.39 is 0 Å². The van der Waals surface area contributed by atoms with Crippen molar-refractivity contribution in [1.29, 1.82) is 0 Å². The van der Waals surface area contributed by atoms with Gasteiger partial charge in [0, 0.05) is 22.8 Å². The molecule has 0 amide bonds. The number of hydrogen-bond acceptors (Lipinski definition) is 4. The van der Waals surface area contributed by atoms with E-state index in [0.29, 0.717) is 5.95 Å². The Morgan fingerprint density at radius 2 is 1.44 bits per heavy atom. The van der Waals surface area contributed by atoms with Crippen molar-refractivity contribution in [3.63, 3.8) is 0 Å². The zero-order valence-electron chi connectivity index (χ0n) is 21.5. The first-order valence-corrected chi connectivity index (χ1v) is 12.9. The molecule has 0 bridgehead atoms. The minimum Gasteiger partial charge on any atom is -0.300 e. The molecule has 39 heavy (non-hydrogen) atoms. The van der Waals surface area contributed by atoms with Crippen LogP contribution in [0.5, 0.6) is 0 Å². The number of para-hydroxylation sites is 1. The summed E-state index contributed by atoms with van der Waals surface area (Å²) in [6.45, 7) is 6.66. The average molecular weight is 504 g/mol. The van der Waals surface area contributed by atoms with Crippen LogP contribution in [-0.2, 0) is 0 Å². The van der Waals surface area contributed by atoms with Gasteiger partial charge in [-0.25, -0.2) is 15.0 Å². The Morgan fingerprint density at radius 3 is 2.26 bits per heavy atom. The largest absolute Gasteiger partial charge is 0.300 e. The van der Waals surface area contributed by atoms with Gasteiger partial charge in [0.2, 0.25) is 5.95 Å². The second kappa shape index (κ2) is 9.23. The second-order valence-electron chi connectivity index (χ2n) is 9.57. The van der Waals surface area contributed by atoms with Crippen molar-refractivity contribution < 1.29 is 0 Å². The molecule has 0 radical (unpaired) electrons. The van der Waals surface area contributed by atoms with Gasteiger partial charge in [-0.3, -0.25) is 9.30 Å². The Bertz CT molecular complexity index is 1990. The normalized spacial score (nSPS) is 11.3. The summed E-state index contributed by atoms with van der Waals surface area (Å²) in [5.74, 6) is 0.563. The second-order valence-corrected chi connectivity index (χ2v) is 9.57. The molecule has 0 unspecified atom stereocenters. The molecule has 0 N–H and O–H groups in total. The predicted octanol–water partition coefficient (Wildman–Crippen LogP) is 8.22. The number of aromatic nitrogens is 4. The fourth-order valence-corrected chi connectivity index (χ4v) is 5.16. The maximum atomic E-state index is 5.19. The van der Waals surface area contributed by atoms with E-state index in [2.05, 4.69) is 65.3 Å². The van der Waals surface area contributed by atoms with Gasteiger partial charge in [-0.2, -0.15) is 0 Å². The van der Waals surface area contributed by atoms with E-state index in [4.69, 9.17) is 15.0 Å². The van der Waals surface area contributed by atoms with Crippen LogP contribution in [0.25, 0.3) is 44.5 Å². The van der Waals surface area contributed by atoms with Crippen LogP contribution in [0.15, 0.2) is 128 Å². The summed E-state index contributed by atoms with van der Waals surface area (Å²) in [5.41, 5.74) is 9.45. The third-order valence-corrected chi connectivity index (χ3v) is 7.08. The van der Waals surface area contributed by atoms with E-state index in [1.54, 1.807) is 0 Å². The fraction of sp³-hybridized carbons (Fsp3) is 0.0294. The molecule has 5 heteroatoms. The summed E-state index contributed by atoms with van der Waals surface area (Å²) in [6.07, 6.45) is 2.04. The van der Waals surface area contributed by atoms with Gasteiger partial charge >= 0.3 is 0 Å². The van der Waals surface area contributed by atoms with Gasteiger partial charge in [-0.1, -0.05) is 91.5 Å². The summed E-state index contributed by atoms with van der Waals surface area (Å²) in [7, 11) is 0. The highest BCUT2D eigenvalue weighted by atomic mass is 15.3. The Hall–Kier alpha value is -5.29. The monoisotopic (exact) mass is 503 g/mol. The minimum atomic E-state index is 0.563. The highest BCUT2D eigenvalue weighted by molar-refractivity contribution is 5.96. The lowest BCUT2D eigenvalue weighted by Gasteiger charge is -2.27. The van der Waals surface area contributed by atoms with Crippen molar-refractivity contribution in [3.05, 3.63) is 139 Å². The molecular formula is C34H25N5. The Balaban J connectivity index is 1.51. The zero-order chi connectivity index (χ0) is 26.3. The smallest absolute Gasteiger partial charge is 0.235 e. The lowest BCUT2D eigenvalue weighted by Crippen LogP contribution is -2.19. The number of fused-ring (bicyclic) bond motifs is 4. The summed E-state index contributed by atoms with van der Waals surface area (Å²) in [6, 6.07) is 38.9. The number of nitrogens with zero attached hydrogens (tertiary/aromatic N) is 5. The lowest BCUT2D eigenvalue weighted by atomic mass is 10.1.